The molecule has 2 aromatic heterocycles. The zero-order chi connectivity index (χ0) is 38.1. The summed E-state index contributed by atoms with van der Waals surface area (Å²) in [4.78, 5) is 0. The predicted octanol–water partition coefficient (Wildman–Crippen LogP) is 13.6. The number of benzene rings is 8. The summed E-state index contributed by atoms with van der Waals surface area (Å²) in [6, 6.07) is 56.1. The highest BCUT2D eigenvalue weighted by Crippen LogP contribution is 2.42. The first-order chi connectivity index (χ1) is 27.3. The van der Waals surface area contributed by atoms with Crippen LogP contribution in [0.25, 0.3) is 88.4 Å². The minimum atomic E-state index is -0.674. The van der Waals surface area contributed by atoms with Gasteiger partial charge in [-0.3, -0.25) is 0 Å². The standard InChI is InChI=1S/C51H33F2N3/c1-31-11-15-33(16-12-31)35-19-21-43-41-7-3-5-9-46(41)55(48(43)25-35)50-27-38(37-23-39(52)29-40(53)24-37)28-51(45(50)30-54)56-47-10-6-4-8-42(47)44-22-20-36(26-49(44)56)34-17-13-32(2)14-18-34/h3-29H,1-2H3. The second-order valence-electron chi connectivity index (χ2n) is 14.6. The molecule has 8 aromatic carbocycles. The molecule has 266 valence electrons. The molecular weight excluding hydrogens is 693 g/mol. The number of hydrogen-bond acceptors (Lipinski definition) is 1. The summed E-state index contributed by atoms with van der Waals surface area (Å²) in [5.74, 6) is -1.35. The van der Waals surface area contributed by atoms with Crippen LogP contribution in [0.5, 0.6) is 0 Å². The third-order valence-corrected chi connectivity index (χ3v) is 11.0. The number of fused-ring (bicyclic) bond motifs is 6. The fraction of sp³-hybridized carbons (Fsp3) is 0.0392. The molecule has 10 rings (SSSR count). The van der Waals surface area contributed by atoms with Gasteiger partial charge in [-0.25, -0.2) is 8.78 Å². The molecule has 0 unspecified atom stereocenters. The molecule has 0 fully saturated rings. The normalized spacial score (nSPS) is 11.6. The molecule has 0 atom stereocenters. The van der Waals surface area contributed by atoms with E-state index >= 15 is 0 Å². The number of aromatic nitrogens is 2. The Kier molecular flexibility index (Phi) is 7.69. The largest absolute Gasteiger partial charge is 0.308 e. The minimum Gasteiger partial charge on any atom is -0.308 e. The Morgan fingerprint density at radius 3 is 1.23 bits per heavy atom. The number of rotatable bonds is 5. The van der Waals surface area contributed by atoms with Gasteiger partial charge >= 0.3 is 0 Å². The third kappa shape index (κ3) is 5.38. The molecule has 0 radical (unpaired) electrons. The Balaban J connectivity index is 1.34. The van der Waals surface area contributed by atoms with Crippen molar-refractivity contribution in [3.8, 4) is 50.8 Å². The quantitative estimate of drug-likeness (QED) is 0.174. The Hall–Kier alpha value is -7.29. The Bertz CT molecular complexity index is 3030. The van der Waals surface area contributed by atoms with Crippen molar-refractivity contribution in [2.45, 2.75) is 13.8 Å². The lowest BCUT2D eigenvalue weighted by Crippen LogP contribution is -2.05. The van der Waals surface area contributed by atoms with Crippen LogP contribution in [-0.4, -0.2) is 9.13 Å². The Morgan fingerprint density at radius 2 is 0.786 bits per heavy atom. The van der Waals surface area contributed by atoms with Crippen LogP contribution in [0.3, 0.4) is 0 Å². The molecule has 0 saturated carbocycles. The lowest BCUT2D eigenvalue weighted by Gasteiger charge is -2.19. The molecule has 0 bridgehead atoms. The molecule has 0 aliphatic rings. The van der Waals surface area contributed by atoms with Crippen molar-refractivity contribution in [3.63, 3.8) is 0 Å². The molecule has 2 heterocycles. The number of para-hydroxylation sites is 2. The van der Waals surface area contributed by atoms with Gasteiger partial charge in [0.2, 0.25) is 0 Å². The fourth-order valence-electron chi connectivity index (χ4n) is 8.28. The van der Waals surface area contributed by atoms with Gasteiger partial charge in [-0.15, -0.1) is 0 Å². The summed E-state index contributed by atoms with van der Waals surface area (Å²) in [6.45, 7) is 4.15. The van der Waals surface area contributed by atoms with E-state index in [1.165, 1.54) is 23.3 Å². The van der Waals surface area contributed by atoms with Crippen molar-refractivity contribution >= 4 is 43.6 Å². The van der Waals surface area contributed by atoms with Crippen LogP contribution in [0.4, 0.5) is 8.78 Å². The first-order valence-electron chi connectivity index (χ1n) is 18.6. The fourth-order valence-corrected chi connectivity index (χ4v) is 8.28. The number of halogens is 2. The molecule has 0 spiro atoms. The highest BCUT2D eigenvalue weighted by Gasteiger charge is 2.23. The van der Waals surface area contributed by atoms with Gasteiger partial charge in [0, 0.05) is 27.6 Å². The van der Waals surface area contributed by atoms with E-state index in [9.17, 15) is 14.0 Å². The van der Waals surface area contributed by atoms with Gasteiger partial charge in [-0.2, -0.15) is 5.26 Å². The number of aryl methyl sites for hydroxylation is 2. The van der Waals surface area contributed by atoms with E-state index in [2.05, 4.69) is 138 Å². The van der Waals surface area contributed by atoms with Gasteiger partial charge in [0.15, 0.2) is 0 Å². The van der Waals surface area contributed by atoms with Crippen molar-refractivity contribution in [2.24, 2.45) is 0 Å². The summed E-state index contributed by atoms with van der Waals surface area (Å²) in [6.07, 6.45) is 0. The molecule has 10 aromatic rings. The van der Waals surface area contributed by atoms with Crippen LogP contribution in [0.1, 0.15) is 16.7 Å². The number of nitriles is 1. The zero-order valence-corrected chi connectivity index (χ0v) is 30.7. The predicted molar refractivity (Wildman–Crippen MR) is 226 cm³/mol. The average molecular weight is 726 g/mol. The van der Waals surface area contributed by atoms with E-state index in [4.69, 9.17) is 0 Å². The Morgan fingerprint density at radius 1 is 0.393 bits per heavy atom. The molecule has 0 amide bonds. The summed E-state index contributed by atoms with van der Waals surface area (Å²) in [7, 11) is 0. The smallest absolute Gasteiger partial charge is 0.126 e. The monoisotopic (exact) mass is 725 g/mol. The second kappa shape index (κ2) is 12.9. The molecule has 5 heteroatoms. The van der Waals surface area contributed by atoms with Gasteiger partial charge in [0.25, 0.3) is 0 Å². The van der Waals surface area contributed by atoms with Gasteiger partial charge < -0.3 is 9.13 Å². The van der Waals surface area contributed by atoms with Gasteiger partial charge in [-0.05, 0) is 95.8 Å². The van der Waals surface area contributed by atoms with Crippen LogP contribution in [-0.2, 0) is 0 Å². The molecule has 0 N–H and O–H groups in total. The maximum Gasteiger partial charge on any atom is 0.126 e. The highest BCUT2D eigenvalue weighted by atomic mass is 19.1. The SMILES string of the molecule is Cc1ccc(-c2ccc3c4ccccc4n(-c4cc(-c5cc(F)cc(F)c5)cc(-n5c6ccccc6c6ccc(-c7ccc(C)cc7)cc65)c4C#N)c3c2)cc1. The molecule has 3 nitrogen and oxygen atoms in total. The first-order valence-corrected chi connectivity index (χ1v) is 18.6. The molecule has 0 saturated heterocycles. The summed E-state index contributed by atoms with van der Waals surface area (Å²) in [5, 5.41) is 15.5. The maximum atomic E-state index is 15.0. The van der Waals surface area contributed by atoms with E-state index < -0.39 is 11.6 Å². The maximum absolute atomic E-state index is 15.0. The van der Waals surface area contributed by atoms with Crippen molar-refractivity contribution in [2.75, 3.05) is 0 Å². The molecule has 56 heavy (non-hydrogen) atoms. The second-order valence-corrected chi connectivity index (χ2v) is 14.6. The van der Waals surface area contributed by atoms with Crippen LogP contribution < -0.4 is 0 Å². The molecule has 0 aliphatic heterocycles. The lowest BCUT2D eigenvalue weighted by molar-refractivity contribution is 0.584. The van der Waals surface area contributed by atoms with Crippen LogP contribution in [0.15, 0.2) is 164 Å². The minimum absolute atomic E-state index is 0.372. The van der Waals surface area contributed by atoms with Crippen molar-refractivity contribution in [1.82, 2.24) is 9.13 Å². The number of hydrogen-bond donors (Lipinski definition) is 0. The third-order valence-electron chi connectivity index (χ3n) is 11.0. The van der Waals surface area contributed by atoms with Crippen molar-refractivity contribution in [3.05, 3.63) is 192 Å². The van der Waals surface area contributed by atoms with E-state index in [0.29, 0.717) is 28.1 Å². The van der Waals surface area contributed by atoms with E-state index in [0.717, 1.165) is 71.9 Å². The van der Waals surface area contributed by atoms with Gasteiger partial charge in [0.1, 0.15) is 23.3 Å². The molecule has 0 aliphatic carbocycles. The first kappa shape index (κ1) is 33.3. The van der Waals surface area contributed by atoms with Crippen LogP contribution >= 0.6 is 0 Å². The zero-order valence-electron chi connectivity index (χ0n) is 30.7. The summed E-state index contributed by atoms with van der Waals surface area (Å²) < 4.78 is 34.3. The lowest BCUT2D eigenvalue weighted by atomic mass is 9.99. The van der Waals surface area contributed by atoms with E-state index in [1.54, 1.807) is 0 Å². The highest BCUT2D eigenvalue weighted by molar-refractivity contribution is 6.12. The Labute approximate surface area is 322 Å². The van der Waals surface area contributed by atoms with E-state index in [-0.39, 0.29) is 0 Å². The average Bonchev–Trinajstić information content (AvgIpc) is 3.72. The molecular formula is C51H33F2N3. The number of nitrogens with zero attached hydrogens (tertiary/aromatic N) is 3. The summed E-state index contributed by atoms with van der Waals surface area (Å²) >= 11 is 0. The van der Waals surface area contributed by atoms with Gasteiger partial charge in [0.05, 0.1) is 33.4 Å². The van der Waals surface area contributed by atoms with Crippen molar-refractivity contribution < 1.29 is 8.78 Å². The van der Waals surface area contributed by atoms with Gasteiger partial charge in [-0.1, -0.05) is 120 Å². The topological polar surface area (TPSA) is 33.6 Å². The van der Waals surface area contributed by atoms with Crippen molar-refractivity contribution in [1.29, 1.82) is 5.26 Å². The van der Waals surface area contributed by atoms with Crippen LogP contribution in [0, 0.1) is 36.8 Å². The van der Waals surface area contributed by atoms with E-state index in [1.807, 2.05) is 36.4 Å². The van der Waals surface area contributed by atoms with Crippen LogP contribution in [0.2, 0.25) is 0 Å². The summed E-state index contributed by atoms with van der Waals surface area (Å²) in [5.41, 5.74) is 12.8.